The summed E-state index contributed by atoms with van der Waals surface area (Å²) in [6, 6.07) is 12.8. The van der Waals surface area contributed by atoms with Crippen LogP contribution in [0.15, 0.2) is 60.7 Å². The Hall–Kier alpha value is -6.27. The van der Waals surface area contributed by atoms with E-state index in [1.807, 2.05) is 22.8 Å². The molecule has 0 spiro atoms. The minimum atomic E-state index is -1.92. The van der Waals surface area contributed by atoms with Crippen molar-refractivity contribution in [3.05, 3.63) is 70.4 Å². The van der Waals surface area contributed by atoms with Gasteiger partial charge in [0.1, 0.15) is 24.2 Å². The highest BCUT2D eigenvalue weighted by Crippen LogP contribution is 2.44. The molecule has 62 heavy (non-hydrogen) atoms. The average Bonchev–Trinajstić information content (AvgIpc) is 4.04. The molecule has 5 rings (SSSR count). The quantitative estimate of drug-likeness (QED) is 0.0500. The van der Waals surface area contributed by atoms with Crippen LogP contribution >= 0.6 is 56.7 Å². The number of aryl methyl sites for hydroxylation is 1. The normalized spacial score (nSPS) is 12.9. The van der Waals surface area contributed by atoms with E-state index in [0.29, 0.717) is 0 Å². The van der Waals surface area contributed by atoms with Crippen LogP contribution in [0.3, 0.4) is 0 Å². The van der Waals surface area contributed by atoms with Crippen LogP contribution in [0.2, 0.25) is 0 Å². The van der Waals surface area contributed by atoms with Gasteiger partial charge in [-0.05, 0) is 74.5 Å². The molecule has 5 aromatic rings. The number of hydrogen-bond donors (Lipinski definition) is 9. The smallest absolute Gasteiger partial charge is 0.326 e. The fourth-order valence-corrected chi connectivity index (χ4v) is 10.7. The lowest BCUT2D eigenvalue weighted by molar-refractivity contribution is -0.147. The standard InChI is InChI=1S/C39H37N5O13S5/c1-17-3-4-22(58-17)23-5-6-24(59-23)25-7-8-26(60-25)27-9-10-28(61-27)29-11-12-30(62-29)38(55)40-16-31(45)42-19(13-32(46)47)37(54)43-20(14-33(48)49)36(53)41-18(2)35(52)44-21(39(56)57)15-34(50)51/h3-12,18-21H,13-16H2,1-2H3,(H,40,55)(H,41,53)(H,42,45)(H,43,54)(H,44,52)(H,46,47)(H,48,49)(H,50,51)(H,56,57)/t18-,19-,20-,21-/m0/s1. The predicted octanol–water partition coefficient (Wildman–Crippen LogP) is 4.17. The van der Waals surface area contributed by atoms with Gasteiger partial charge in [-0.2, -0.15) is 0 Å². The van der Waals surface area contributed by atoms with E-state index in [9.17, 15) is 53.4 Å². The van der Waals surface area contributed by atoms with Crippen LogP contribution in [0.4, 0.5) is 0 Å². The Morgan fingerprint density at radius 3 is 1.32 bits per heavy atom. The van der Waals surface area contributed by atoms with E-state index < -0.39 is 103 Å². The molecule has 0 aliphatic heterocycles. The molecule has 5 amide bonds. The number of carboxylic acids is 4. The minimum absolute atomic E-state index is 0.265. The monoisotopic (exact) mass is 943 g/mol. The molecular weight excluding hydrogens is 907 g/mol. The number of amides is 5. The molecule has 0 saturated carbocycles. The average molecular weight is 944 g/mol. The number of nitrogens with one attached hydrogen (secondary N) is 5. The van der Waals surface area contributed by atoms with Crippen molar-refractivity contribution in [3.8, 4) is 39.0 Å². The molecule has 0 aliphatic rings. The van der Waals surface area contributed by atoms with Gasteiger partial charge in [-0.1, -0.05) is 0 Å². The third-order valence-corrected chi connectivity index (χ3v) is 14.7. The Morgan fingerprint density at radius 1 is 0.484 bits per heavy atom. The summed E-state index contributed by atoms with van der Waals surface area (Å²) in [6.07, 6.45) is -3.07. The number of hydrogen-bond acceptors (Lipinski definition) is 14. The molecule has 0 unspecified atom stereocenters. The fourth-order valence-electron chi connectivity index (χ4n) is 5.55. The van der Waals surface area contributed by atoms with Gasteiger partial charge in [0, 0.05) is 43.9 Å². The summed E-state index contributed by atoms with van der Waals surface area (Å²) in [5.41, 5.74) is 0. The maximum Gasteiger partial charge on any atom is 0.326 e. The maximum atomic E-state index is 13.1. The Balaban J connectivity index is 1.15. The second kappa shape index (κ2) is 21.0. The largest absolute Gasteiger partial charge is 0.481 e. The summed E-state index contributed by atoms with van der Waals surface area (Å²) >= 11 is 7.94. The third-order valence-electron chi connectivity index (χ3n) is 8.56. The van der Waals surface area contributed by atoms with Gasteiger partial charge in [0.05, 0.1) is 30.7 Å². The molecule has 0 aliphatic carbocycles. The highest BCUT2D eigenvalue weighted by Gasteiger charge is 2.32. The summed E-state index contributed by atoms with van der Waals surface area (Å²) in [5, 5.41) is 47.3. The van der Waals surface area contributed by atoms with Gasteiger partial charge in [0.25, 0.3) is 5.91 Å². The molecule has 0 bridgehead atoms. The molecule has 4 atom stereocenters. The highest BCUT2D eigenvalue weighted by atomic mass is 32.1. The Morgan fingerprint density at radius 2 is 0.871 bits per heavy atom. The molecule has 18 nitrogen and oxygen atoms in total. The highest BCUT2D eigenvalue weighted by molar-refractivity contribution is 7.29. The maximum absolute atomic E-state index is 13.1. The van der Waals surface area contributed by atoms with Crippen LogP contribution in [0.1, 0.15) is 40.7 Å². The summed E-state index contributed by atoms with van der Waals surface area (Å²) in [5.74, 6) is -11.7. The number of carbonyl (C=O) groups is 9. The lowest BCUT2D eigenvalue weighted by atomic mass is 10.1. The van der Waals surface area contributed by atoms with E-state index in [1.165, 1.54) is 30.8 Å². The first-order valence-corrected chi connectivity index (χ1v) is 22.3. The van der Waals surface area contributed by atoms with Gasteiger partial charge >= 0.3 is 23.9 Å². The van der Waals surface area contributed by atoms with Gasteiger partial charge in [0.2, 0.25) is 23.6 Å². The van der Waals surface area contributed by atoms with E-state index in [-0.39, 0.29) is 4.88 Å². The molecule has 326 valence electrons. The second-order valence-electron chi connectivity index (χ2n) is 13.4. The van der Waals surface area contributed by atoms with E-state index in [4.69, 9.17) is 10.2 Å². The van der Waals surface area contributed by atoms with E-state index in [1.54, 1.807) is 57.5 Å². The van der Waals surface area contributed by atoms with Crippen LogP contribution in [0.5, 0.6) is 0 Å². The van der Waals surface area contributed by atoms with Crippen LogP contribution in [-0.4, -0.2) is 105 Å². The van der Waals surface area contributed by atoms with E-state index >= 15 is 0 Å². The van der Waals surface area contributed by atoms with Crippen molar-refractivity contribution < 1.29 is 63.6 Å². The van der Waals surface area contributed by atoms with Crippen LogP contribution in [0.25, 0.3) is 39.0 Å². The molecule has 0 radical (unpaired) electrons. The van der Waals surface area contributed by atoms with Crippen molar-refractivity contribution in [2.75, 3.05) is 6.54 Å². The zero-order chi connectivity index (χ0) is 45.2. The number of aliphatic carboxylic acids is 4. The van der Waals surface area contributed by atoms with Gasteiger partial charge in [-0.3, -0.25) is 38.4 Å². The Bertz CT molecular complexity index is 2520. The first-order valence-electron chi connectivity index (χ1n) is 18.2. The van der Waals surface area contributed by atoms with E-state index in [0.717, 1.165) is 31.3 Å². The van der Waals surface area contributed by atoms with Crippen LogP contribution in [0, 0.1) is 6.92 Å². The minimum Gasteiger partial charge on any atom is -0.481 e. The lowest BCUT2D eigenvalue weighted by Gasteiger charge is -2.23. The summed E-state index contributed by atoms with van der Waals surface area (Å²) < 4.78 is 0. The van der Waals surface area contributed by atoms with Crippen molar-refractivity contribution in [2.24, 2.45) is 0 Å². The molecule has 23 heteroatoms. The van der Waals surface area contributed by atoms with Gasteiger partial charge in [-0.25, -0.2) is 4.79 Å². The third kappa shape index (κ3) is 12.9. The van der Waals surface area contributed by atoms with Crippen LogP contribution < -0.4 is 26.6 Å². The predicted molar refractivity (Wildman–Crippen MR) is 232 cm³/mol. The van der Waals surface area contributed by atoms with Crippen molar-refractivity contribution in [1.82, 2.24) is 26.6 Å². The van der Waals surface area contributed by atoms with Crippen molar-refractivity contribution in [2.45, 2.75) is 57.3 Å². The van der Waals surface area contributed by atoms with Crippen molar-refractivity contribution in [1.29, 1.82) is 0 Å². The van der Waals surface area contributed by atoms with Crippen molar-refractivity contribution in [3.63, 3.8) is 0 Å². The lowest BCUT2D eigenvalue weighted by Crippen LogP contribution is -2.58. The first kappa shape index (κ1) is 46.8. The fraction of sp³-hybridized carbons (Fsp3) is 0.256. The number of thiophene rings is 5. The SMILES string of the molecule is Cc1ccc(-c2ccc(-c3ccc(-c4ccc(-c5ccc(C(=O)NCC(=O)N[C@@H](CC(=O)O)C(=O)N[C@@H](CC(=O)O)C(=O)N[C@@H](C)C(=O)N[C@@H](CC(=O)O)C(=O)O)s5)s4)s3)s2)s1. The molecule has 5 aromatic heterocycles. The van der Waals surface area contributed by atoms with Crippen molar-refractivity contribution >= 4 is 110 Å². The van der Waals surface area contributed by atoms with E-state index in [2.05, 4.69) is 59.3 Å². The molecule has 5 heterocycles. The second-order valence-corrected chi connectivity index (χ2v) is 19.0. The summed E-state index contributed by atoms with van der Waals surface area (Å²) in [7, 11) is 0. The van der Waals surface area contributed by atoms with Gasteiger partial charge in [0.15, 0.2) is 0 Å². The van der Waals surface area contributed by atoms with Gasteiger partial charge < -0.3 is 47.0 Å². The molecule has 0 saturated heterocycles. The van der Waals surface area contributed by atoms with Crippen LogP contribution in [-0.2, 0) is 38.4 Å². The zero-order valence-corrected chi connectivity index (χ0v) is 36.5. The molecule has 9 N–H and O–H groups in total. The summed E-state index contributed by atoms with van der Waals surface area (Å²) in [6.45, 7) is 2.46. The number of carbonyl (C=O) groups excluding carboxylic acids is 5. The van der Waals surface area contributed by atoms with Gasteiger partial charge in [-0.15, -0.1) is 56.7 Å². The Labute approximate surface area is 371 Å². The topological polar surface area (TPSA) is 295 Å². The molecule has 0 aromatic carbocycles. The first-order chi connectivity index (χ1) is 29.4. The number of carboxylic acid groups (broad SMARTS) is 4. The molecule has 0 fully saturated rings. The Kier molecular flexibility index (Phi) is 15.9. The number of rotatable bonds is 21. The zero-order valence-electron chi connectivity index (χ0n) is 32.4. The summed E-state index contributed by atoms with van der Waals surface area (Å²) in [4.78, 5) is 120. The molecular formula is C39H37N5O13S5.